The summed E-state index contributed by atoms with van der Waals surface area (Å²) in [6.07, 6.45) is 4.52. The van der Waals surface area contributed by atoms with E-state index in [0.717, 1.165) is 5.57 Å². The molecule has 0 aromatic heterocycles. The Morgan fingerprint density at radius 2 is 2.10 bits per heavy atom. The summed E-state index contributed by atoms with van der Waals surface area (Å²) in [6, 6.07) is 0. The molecule has 0 aromatic rings. The van der Waals surface area contributed by atoms with E-state index in [4.69, 9.17) is 0 Å². The predicted octanol–water partition coefficient (Wildman–Crippen LogP) is 2.47. The van der Waals surface area contributed by atoms with Crippen LogP contribution in [0.25, 0.3) is 0 Å². The average Bonchev–Trinajstić information content (AvgIpc) is 1.54. The van der Waals surface area contributed by atoms with Crippen LogP contribution in [0.15, 0.2) is 23.3 Å². The molecule has 1 aliphatic carbocycles. The normalized spacial score (nSPS) is 33.2. The molecule has 0 bridgehead atoms. The third-order valence-corrected chi connectivity index (χ3v) is 1.64. The zero-order valence-corrected chi connectivity index (χ0v) is 6.77. The van der Waals surface area contributed by atoms with Crippen LogP contribution in [0, 0.1) is 0 Å². The average molecular weight is 137 g/mol. The van der Waals surface area contributed by atoms with Gasteiger partial charge in [-0.3, -0.25) is 0 Å². The summed E-state index contributed by atoms with van der Waals surface area (Å²) < 4.78 is 0. The molecule has 0 heterocycles. The van der Waals surface area contributed by atoms with Crippen LogP contribution < -0.4 is 0 Å². The van der Waals surface area contributed by atoms with Crippen LogP contribution >= 0.6 is 0 Å². The van der Waals surface area contributed by atoms with E-state index >= 15 is 0 Å². The Kier molecular flexibility index (Phi) is 1.69. The van der Waals surface area contributed by atoms with Crippen LogP contribution in [0.5, 0.6) is 0 Å². The summed E-state index contributed by atoms with van der Waals surface area (Å²) >= 11 is 0. The van der Waals surface area contributed by atoms with Crippen molar-refractivity contribution in [3.8, 4) is 0 Å². The van der Waals surface area contributed by atoms with E-state index in [1.165, 1.54) is 5.57 Å². The lowest BCUT2D eigenvalue weighted by Gasteiger charge is -2.21. The van der Waals surface area contributed by atoms with Crippen LogP contribution in [-0.2, 0) is 5.11 Å². The quantitative estimate of drug-likeness (QED) is 0.489. The summed E-state index contributed by atoms with van der Waals surface area (Å²) in [7, 11) is 0. The molecule has 0 N–H and O–H groups in total. The second kappa shape index (κ2) is 2.24. The van der Waals surface area contributed by atoms with E-state index in [0.29, 0.717) is 6.42 Å². The van der Waals surface area contributed by atoms with E-state index in [-0.39, 0.29) is 0 Å². The van der Waals surface area contributed by atoms with Crippen LogP contribution in [0.4, 0.5) is 0 Å². The monoisotopic (exact) mass is 137 g/mol. The van der Waals surface area contributed by atoms with Gasteiger partial charge in [-0.25, -0.2) is 5.11 Å². The van der Waals surface area contributed by atoms with Crippen molar-refractivity contribution in [2.24, 2.45) is 0 Å². The van der Waals surface area contributed by atoms with E-state index in [2.05, 4.69) is 6.08 Å². The Morgan fingerprint density at radius 1 is 1.50 bits per heavy atom. The molecule has 0 amide bonds. The Labute approximate surface area is 62.1 Å². The maximum absolute atomic E-state index is 11.4. The van der Waals surface area contributed by atoms with Gasteiger partial charge in [-0.15, -0.1) is 0 Å². The molecule has 10 heavy (non-hydrogen) atoms. The highest BCUT2D eigenvalue weighted by atomic mass is 16.3. The second-order valence-electron chi connectivity index (χ2n) is 3.37. The van der Waals surface area contributed by atoms with Gasteiger partial charge in [0.15, 0.2) is 0 Å². The fraction of sp³-hybridized carbons (Fsp3) is 0.556. The Balaban J connectivity index is 2.88. The highest BCUT2D eigenvalue weighted by Crippen LogP contribution is 2.25. The lowest BCUT2D eigenvalue weighted by atomic mass is 9.89. The van der Waals surface area contributed by atoms with E-state index < -0.39 is 5.60 Å². The molecule has 0 aliphatic heterocycles. The van der Waals surface area contributed by atoms with Crippen molar-refractivity contribution in [2.45, 2.75) is 32.8 Å². The maximum Gasteiger partial charge on any atom is 0.123 e. The Bertz CT molecular complexity index is 197. The molecule has 1 unspecified atom stereocenters. The molecule has 1 atom stereocenters. The lowest BCUT2D eigenvalue weighted by Crippen LogP contribution is -2.21. The van der Waals surface area contributed by atoms with Crippen LogP contribution in [0.2, 0.25) is 0 Å². The van der Waals surface area contributed by atoms with Gasteiger partial charge in [-0.1, -0.05) is 17.2 Å². The summed E-state index contributed by atoms with van der Waals surface area (Å²) in [5, 5.41) is 11.4. The first kappa shape index (κ1) is 7.55. The molecule has 1 nitrogen and oxygen atoms in total. The summed E-state index contributed by atoms with van der Waals surface area (Å²) in [4.78, 5) is 0. The number of hydrogen-bond donors (Lipinski definition) is 0. The smallest absolute Gasteiger partial charge is 0.123 e. The standard InChI is InChI=1S/C9H13O/c1-7-4-8(2)6-9(3,10)5-7/h4-5H,6H2,1-3H3. The van der Waals surface area contributed by atoms with Gasteiger partial charge in [0, 0.05) is 6.42 Å². The molecule has 1 heteroatoms. The first-order chi connectivity index (χ1) is 4.49. The zero-order chi connectivity index (χ0) is 7.78. The van der Waals surface area contributed by atoms with E-state index in [9.17, 15) is 5.11 Å². The van der Waals surface area contributed by atoms with Gasteiger partial charge in [0.05, 0.1) is 0 Å². The maximum atomic E-state index is 11.4. The van der Waals surface area contributed by atoms with Crippen molar-refractivity contribution in [2.75, 3.05) is 0 Å². The third kappa shape index (κ3) is 1.71. The molecule has 1 rings (SSSR count). The minimum atomic E-state index is -0.858. The van der Waals surface area contributed by atoms with Crippen molar-refractivity contribution in [1.82, 2.24) is 0 Å². The third-order valence-electron chi connectivity index (χ3n) is 1.64. The Hall–Kier alpha value is -0.560. The highest BCUT2D eigenvalue weighted by Gasteiger charge is 2.22. The minimum absolute atomic E-state index is 0.657. The van der Waals surface area contributed by atoms with Gasteiger partial charge in [-0.2, -0.15) is 0 Å². The molecule has 0 saturated carbocycles. The van der Waals surface area contributed by atoms with Gasteiger partial charge < -0.3 is 0 Å². The summed E-state index contributed by atoms with van der Waals surface area (Å²) in [6.45, 7) is 5.71. The largest absolute Gasteiger partial charge is 0.225 e. The van der Waals surface area contributed by atoms with Crippen molar-refractivity contribution in [3.63, 3.8) is 0 Å². The Morgan fingerprint density at radius 3 is 2.50 bits per heavy atom. The number of allylic oxidation sites excluding steroid dienone is 2. The van der Waals surface area contributed by atoms with Gasteiger partial charge >= 0.3 is 0 Å². The lowest BCUT2D eigenvalue weighted by molar-refractivity contribution is 0.0302. The van der Waals surface area contributed by atoms with Crippen molar-refractivity contribution in [3.05, 3.63) is 23.3 Å². The van der Waals surface area contributed by atoms with E-state index in [1.807, 2.05) is 13.8 Å². The summed E-state index contributed by atoms with van der Waals surface area (Å²) in [5.41, 5.74) is 1.43. The van der Waals surface area contributed by atoms with Crippen LogP contribution in [0.3, 0.4) is 0 Å². The first-order valence-electron chi connectivity index (χ1n) is 3.57. The molecular weight excluding hydrogens is 124 g/mol. The van der Waals surface area contributed by atoms with Crippen LogP contribution in [0.1, 0.15) is 27.2 Å². The van der Waals surface area contributed by atoms with Gasteiger partial charge in [-0.05, 0) is 26.8 Å². The highest BCUT2D eigenvalue weighted by molar-refractivity contribution is 5.30. The van der Waals surface area contributed by atoms with E-state index in [1.54, 1.807) is 13.0 Å². The molecule has 1 aliphatic rings. The van der Waals surface area contributed by atoms with Gasteiger partial charge in [0.25, 0.3) is 0 Å². The molecule has 1 radical (unpaired) electrons. The predicted molar refractivity (Wildman–Crippen MR) is 41.2 cm³/mol. The molecule has 55 valence electrons. The molecule has 0 spiro atoms. The van der Waals surface area contributed by atoms with Gasteiger partial charge in [0.2, 0.25) is 0 Å². The zero-order valence-electron chi connectivity index (χ0n) is 6.77. The number of rotatable bonds is 0. The van der Waals surface area contributed by atoms with Gasteiger partial charge in [0.1, 0.15) is 5.60 Å². The van der Waals surface area contributed by atoms with Crippen LogP contribution in [-0.4, -0.2) is 5.60 Å². The number of hydrogen-bond acceptors (Lipinski definition) is 0. The van der Waals surface area contributed by atoms with Crippen molar-refractivity contribution in [1.29, 1.82) is 0 Å². The topological polar surface area (TPSA) is 19.9 Å². The molecular formula is C9H13O. The SMILES string of the molecule is CC1=CC(C)([O])CC(C)=C1. The fourth-order valence-corrected chi connectivity index (χ4v) is 1.57. The first-order valence-corrected chi connectivity index (χ1v) is 3.57. The minimum Gasteiger partial charge on any atom is -0.225 e. The van der Waals surface area contributed by atoms with Crippen molar-refractivity contribution >= 4 is 0 Å². The molecule has 0 saturated heterocycles. The molecule has 0 aromatic carbocycles. The van der Waals surface area contributed by atoms with Crippen molar-refractivity contribution < 1.29 is 5.11 Å². The second-order valence-corrected chi connectivity index (χ2v) is 3.37. The fourth-order valence-electron chi connectivity index (χ4n) is 1.57. The summed E-state index contributed by atoms with van der Waals surface area (Å²) in [5.74, 6) is 0. The molecule has 0 fully saturated rings.